The Morgan fingerprint density at radius 2 is 1.52 bits per heavy atom. The van der Waals surface area contributed by atoms with E-state index >= 15 is 0 Å². The summed E-state index contributed by atoms with van der Waals surface area (Å²) in [6.07, 6.45) is 9.19. The molecule has 3 N–H and O–H groups in total. The first-order valence-corrected chi connectivity index (χ1v) is 13.6. The van der Waals surface area contributed by atoms with E-state index in [1.165, 1.54) is 0 Å². The smallest absolute Gasteiger partial charge is 0.251 e. The highest BCUT2D eigenvalue weighted by atomic mass is 79.9. The summed E-state index contributed by atoms with van der Waals surface area (Å²) in [4.78, 5) is 4.44. The van der Waals surface area contributed by atoms with Crippen LogP contribution >= 0.6 is 15.9 Å². The average molecular weight is 625 g/mol. The Kier molecular flexibility index (Phi) is 6.31. The lowest BCUT2D eigenvalue weighted by Gasteiger charge is -2.27. The monoisotopic (exact) mass is 624 g/mol. The van der Waals surface area contributed by atoms with Crippen LogP contribution < -0.4 is 5.32 Å². The number of aromatic hydroxyl groups is 2. The largest absolute Gasteiger partial charge is 0.507 e. The van der Waals surface area contributed by atoms with Gasteiger partial charge in [0.1, 0.15) is 17.3 Å². The van der Waals surface area contributed by atoms with Gasteiger partial charge in [0.2, 0.25) is 11.8 Å². The number of halogens is 1. The summed E-state index contributed by atoms with van der Waals surface area (Å²) in [5, 5.41) is 40.7. The zero-order valence-corrected chi connectivity index (χ0v) is 23.5. The molecule has 0 saturated carbocycles. The molecule has 7 rings (SSSR count). The first kappa shape index (κ1) is 25.7. The van der Waals surface area contributed by atoms with Gasteiger partial charge in [0.05, 0.1) is 29.8 Å². The molecule has 0 fully saturated rings. The van der Waals surface area contributed by atoms with Gasteiger partial charge in [-0.1, -0.05) is 28.1 Å². The molecule has 0 amide bonds. The number of phenols is 2. The highest BCUT2D eigenvalue weighted by molar-refractivity contribution is 9.10. The molecule has 2 aromatic carbocycles. The molecule has 42 heavy (non-hydrogen) atoms. The first-order chi connectivity index (χ1) is 20.5. The van der Waals surface area contributed by atoms with Gasteiger partial charge in [-0.15, -0.1) is 20.4 Å². The van der Waals surface area contributed by atoms with E-state index in [2.05, 4.69) is 46.6 Å². The average Bonchev–Trinajstić information content (AvgIpc) is 3.78. The van der Waals surface area contributed by atoms with E-state index in [0.717, 1.165) is 21.2 Å². The molecule has 2 aliphatic rings. The quantitative estimate of drug-likeness (QED) is 0.217. The minimum absolute atomic E-state index is 0.0297. The van der Waals surface area contributed by atoms with Gasteiger partial charge in [-0.05, 0) is 59.7 Å². The van der Waals surface area contributed by atoms with E-state index in [-0.39, 0.29) is 41.1 Å². The van der Waals surface area contributed by atoms with E-state index in [4.69, 9.17) is 13.6 Å². The first-order valence-electron chi connectivity index (χ1n) is 12.8. The summed E-state index contributed by atoms with van der Waals surface area (Å²) >= 11 is 3.40. The summed E-state index contributed by atoms with van der Waals surface area (Å²) in [5.74, 6) is 1.57. The number of pyridine rings is 1. The molecule has 0 spiro atoms. The third kappa shape index (κ3) is 4.51. The molecule has 5 aromatic rings. The molecule has 11 nitrogen and oxygen atoms in total. The third-order valence-corrected chi connectivity index (χ3v) is 7.58. The Balaban J connectivity index is 1.19. The van der Waals surface area contributed by atoms with Crippen LogP contribution in [0.3, 0.4) is 0 Å². The van der Waals surface area contributed by atoms with E-state index in [9.17, 15) is 10.2 Å². The van der Waals surface area contributed by atoms with Crippen molar-refractivity contribution in [1.29, 1.82) is 0 Å². The fraction of sp³-hybridized carbons (Fsp3) is 0.100. The molecule has 4 heterocycles. The Bertz CT molecular complexity index is 1930. The predicted octanol–water partition coefficient (Wildman–Crippen LogP) is 5.58. The second-order valence-electron chi connectivity index (χ2n) is 9.61. The van der Waals surface area contributed by atoms with Gasteiger partial charge in [0, 0.05) is 34.6 Å². The highest BCUT2D eigenvalue weighted by Crippen LogP contribution is 2.42. The molecule has 0 saturated heterocycles. The van der Waals surface area contributed by atoms with Gasteiger partial charge in [-0.2, -0.15) is 0 Å². The standard InChI is InChI=1S/C30H21BrN6O5/c1-40-18-10-20(15-8-16(13-32-12-15)27-34-36-29(41-27)22-9-17(31)6-7-25(22)39)26-21(11-18)23(14-33-26)30-37-35-28(42-30)19-4-2-3-5-24(19)38/h2-14,21,26,33,38-39H,1H3. The lowest BCUT2D eigenvalue weighted by molar-refractivity contribution is 0.301. The summed E-state index contributed by atoms with van der Waals surface area (Å²) in [5.41, 5.74) is 4.01. The lowest BCUT2D eigenvalue weighted by atomic mass is 9.82. The van der Waals surface area contributed by atoms with Crippen LogP contribution in [0.5, 0.6) is 11.5 Å². The van der Waals surface area contributed by atoms with Crippen molar-refractivity contribution in [1.82, 2.24) is 30.7 Å². The topological polar surface area (TPSA) is 152 Å². The summed E-state index contributed by atoms with van der Waals surface area (Å²) in [6, 6.07) is 13.5. The fourth-order valence-electron chi connectivity index (χ4n) is 5.04. The second-order valence-corrected chi connectivity index (χ2v) is 10.5. The van der Waals surface area contributed by atoms with Gasteiger partial charge in [0.15, 0.2) is 0 Å². The molecule has 0 radical (unpaired) electrons. The Labute approximate surface area is 247 Å². The molecule has 12 heteroatoms. The van der Waals surface area contributed by atoms with E-state index in [0.29, 0.717) is 28.3 Å². The van der Waals surface area contributed by atoms with Crippen molar-refractivity contribution in [2.45, 2.75) is 6.04 Å². The minimum atomic E-state index is -0.184. The number of benzene rings is 2. The van der Waals surface area contributed by atoms with Gasteiger partial charge >= 0.3 is 0 Å². The van der Waals surface area contributed by atoms with Crippen LogP contribution in [0.1, 0.15) is 11.5 Å². The summed E-state index contributed by atoms with van der Waals surface area (Å²) in [6.45, 7) is 0. The number of methoxy groups -OCH3 is 1. The number of rotatable bonds is 6. The Morgan fingerprint density at radius 3 is 2.36 bits per heavy atom. The fourth-order valence-corrected chi connectivity index (χ4v) is 5.40. The number of ether oxygens (including phenoxy) is 1. The molecule has 208 valence electrons. The molecular formula is C30H21BrN6O5. The number of phenolic OH excluding ortho intramolecular Hbond substituents is 2. The van der Waals surface area contributed by atoms with Crippen LogP contribution in [0.4, 0.5) is 0 Å². The number of aromatic nitrogens is 5. The molecule has 1 aliphatic carbocycles. The van der Waals surface area contributed by atoms with Crippen molar-refractivity contribution in [2.24, 2.45) is 5.92 Å². The van der Waals surface area contributed by atoms with Gasteiger partial charge in [-0.25, -0.2) is 0 Å². The van der Waals surface area contributed by atoms with Crippen molar-refractivity contribution < 1.29 is 23.8 Å². The number of fused-ring (bicyclic) bond motifs is 1. The molecular weight excluding hydrogens is 604 g/mol. The maximum absolute atomic E-state index is 10.3. The predicted molar refractivity (Wildman–Crippen MR) is 155 cm³/mol. The number of hydrogen-bond acceptors (Lipinski definition) is 11. The number of nitrogens with zero attached hydrogens (tertiary/aromatic N) is 5. The van der Waals surface area contributed by atoms with Crippen molar-refractivity contribution in [3.63, 3.8) is 0 Å². The number of para-hydroxylation sites is 1. The molecule has 0 bridgehead atoms. The Hall–Kier alpha value is -5.23. The zero-order valence-electron chi connectivity index (χ0n) is 21.9. The molecule has 1 aliphatic heterocycles. The number of hydrogen-bond donors (Lipinski definition) is 3. The van der Waals surface area contributed by atoms with Crippen LogP contribution in [-0.4, -0.2) is 48.7 Å². The van der Waals surface area contributed by atoms with Gasteiger partial charge in [-0.3, -0.25) is 4.98 Å². The molecule has 2 atom stereocenters. The second kappa shape index (κ2) is 10.3. The number of nitrogens with one attached hydrogen (secondary N) is 1. The summed E-state index contributed by atoms with van der Waals surface area (Å²) < 4.78 is 18.3. The van der Waals surface area contributed by atoms with E-state index < -0.39 is 0 Å². The van der Waals surface area contributed by atoms with Crippen molar-refractivity contribution >= 4 is 27.1 Å². The van der Waals surface area contributed by atoms with Crippen molar-refractivity contribution in [3.8, 4) is 45.9 Å². The van der Waals surface area contributed by atoms with Crippen molar-refractivity contribution in [2.75, 3.05) is 7.11 Å². The van der Waals surface area contributed by atoms with Crippen LogP contribution in [0.2, 0.25) is 0 Å². The normalized spacial score (nSPS) is 17.6. The maximum atomic E-state index is 10.3. The van der Waals surface area contributed by atoms with Crippen LogP contribution in [0.15, 0.2) is 98.3 Å². The highest BCUT2D eigenvalue weighted by Gasteiger charge is 2.38. The Morgan fingerprint density at radius 1 is 0.810 bits per heavy atom. The van der Waals surface area contributed by atoms with E-state index in [1.807, 2.05) is 24.4 Å². The van der Waals surface area contributed by atoms with Crippen LogP contribution in [-0.2, 0) is 4.74 Å². The third-order valence-electron chi connectivity index (χ3n) is 7.09. The summed E-state index contributed by atoms with van der Waals surface area (Å²) in [7, 11) is 1.61. The van der Waals surface area contributed by atoms with Crippen molar-refractivity contribution in [3.05, 3.63) is 101 Å². The molecule has 3 aromatic heterocycles. The maximum Gasteiger partial charge on any atom is 0.251 e. The SMILES string of the molecule is COC1=CC2C(c3nnc(-c4ccccc4O)o3)=CNC2C(c2cncc(-c3nnc(-c4cc(Br)ccc4O)o3)c2)=C1. The molecule has 2 unspecified atom stereocenters. The van der Waals surface area contributed by atoms with Crippen LogP contribution in [0, 0.1) is 5.92 Å². The number of allylic oxidation sites excluding steroid dienone is 1. The van der Waals surface area contributed by atoms with Gasteiger partial charge < -0.3 is 29.1 Å². The minimum Gasteiger partial charge on any atom is -0.507 e. The zero-order chi connectivity index (χ0) is 28.8. The van der Waals surface area contributed by atoms with Crippen LogP contribution in [0.25, 0.3) is 45.5 Å². The van der Waals surface area contributed by atoms with Gasteiger partial charge in [0.25, 0.3) is 11.8 Å². The lowest BCUT2D eigenvalue weighted by Crippen LogP contribution is -2.30. The van der Waals surface area contributed by atoms with E-state index in [1.54, 1.807) is 62.0 Å².